The molecular formula is C34H56O3. The number of hydrogen-bond acceptors (Lipinski definition) is 3. The first-order valence-electron chi connectivity index (χ1n) is 13.4. The van der Waals surface area contributed by atoms with Gasteiger partial charge in [-0.25, -0.2) is 0 Å². The van der Waals surface area contributed by atoms with Gasteiger partial charge in [0.2, 0.25) is 0 Å². The second-order valence-electron chi connectivity index (χ2n) is 9.68. The normalized spacial score (nSPS) is 10.4. The summed E-state index contributed by atoms with van der Waals surface area (Å²) in [5.74, 6) is 1.67. The summed E-state index contributed by atoms with van der Waals surface area (Å²) in [5, 5.41) is 2.68. The molecule has 0 aliphatic heterocycles. The molecule has 0 amide bonds. The Labute approximate surface area is 229 Å². The quantitative estimate of drug-likeness (QED) is 0.281. The van der Waals surface area contributed by atoms with E-state index in [2.05, 4.69) is 119 Å². The smallest absolute Gasteiger partial charge is 0.302 e. The first kappa shape index (κ1) is 38.9. The molecule has 0 spiro atoms. The molecule has 0 heterocycles. The van der Waals surface area contributed by atoms with Crippen LogP contribution < -0.4 is 0 Å². The van der Waals surface area contributed by atoms with E-state index in [-0.39, 0.29) is 5.97 Å². The van der Waals surface area contributed by atoms with Crippen molar-refractivity contribution in [3.8, 4) is 0 Å². The first-order valence-corrected chi connectivity index (χ1v) is 13.4. The highest BCUT2D eigenvalue weighted by atomic mass is 16.5. The van der Waals surface area contributed by atoms with Crippen LogP contribution in [0.4, 0.5) is 0 Å². The molecule has 210 valence electrons. The van der Waals surface area contributed by atoms with Gasteiger partial charge in [-0.3, -0.25) is 4.79 Å². The minimum atomic E-state index is -0.245. The molecule has 0 N–H and O–H groups in total. The highest BCUT2D eigenvalue weighted by Crippen LogP contribution is 2.26. The van der Waals surface area contributed by atoms with Crippen LogP contribution in [0.1, 0.15) is 78.9 Å². The van der Waals surface area contributed by atoms with Gasteiger partial charge in [-0.1, -0.05) is 139 Å². The molecule has 1 saturated carbocycles. The topological polar surface area (TPSA) is 35.5 Å². The van der Waals surface area contributed by atoms with Crippen LogP contribution in [-0.2, 0) is 14.3 Å². The maximum Gasteiger partial charge on any atom is 0.302 e. The molecule has 0 radical (unpaired) electrons. The lowest BCUT2D eigenvalue weighted by atomic mass is 10.1. The van der Waals surface area contributed by atoms with Crippen LogP contribution >= 0.6 is 0 Å². The molecule has 0 atom stereocenters. The molecule has 3 aromatic carbocycles. The van der Waals surface area contributed by atoms with E-state index in [4.69, 9.17) is 0 Å². The molecule has 3 nitrogen and oxygen atoms in total. The minimum Gasteiger partial charge on any atom is -0.469 e. The van der Waals surface area contributed by atoms with E-state index in [0.29, 0.717) is 0 Å². The van der Waals surface area contributed by atoms with Gasteiger partial charge in [0.05, 0.1) is 7.11 Å². The molecule has 1 aliphatic carbocycles. The number of carbonyl (C=O) groups excluding carboxylic acids is 1. The molecule has 4 rings (SSSR count). The molecule has 1 aliphatic rings. The van der Waals surface area contributed by atoms with E-state index < -0.39 is 0 Å². The molecule has 0 unspecified atom stereocenters. The number of fused-ring (bicyclic) bond motifs is 1. The Kier molecular flexibility index (Phi) is 29.3. The molecule has 3 heteroatoms. The van der Waals surface area contributed by atoms with E-state index in [1.807, 2.05) is 18.2 Å². The Bertz CT molecular complexity index is 858. The van der Waals surface area contributed by atoms with Gasteiger partial charge < -0.3 is 9.47 Å². The number of methoxy groups -OCH3 is 2. The van der Waals surface area contributed by atoms with Gasteiger partial charge in [-0.2, -0.15) is 0 Å². The summed E-state index contributed by atoms with van der Waals surface area (Å²) >= 11 is 0. The molecule has 0 aromatic heterocycles. The summed E-state index contributed by atoms with van der Waals surface area (Å²) in [6.07, 6.45) is 4.22. The summed E-state index contributed by atoms with van der Waals surface area (Å²) in [4.78, 5) is 9.59. The average Bonchev–Trinajstić information content (AvgIpc) is 3.64. The number of ether oxygens (including phenoxy) is 2. The maximum atomic E-state index is 9.59. The number of carbonyl (C=O) groups is 1. The SMILES string of the molecule is CC(C)C.CC1CC1.CCC.COC.COC(C)=O.Cc1cccc2ccccc12.Cc1ccccc1. The summed E-state index contributed by atoms with van der Waals surface area (Å²) in [5.41, 5.74) is 2.67. The zero-order chi connectivity index (χ0) is 29.1. The third-order valence-electron chi connectivity index (χ3n) is 4.10. The standard InChI is InChI=1S/C11H10.C7H8.C4H8.C4H10.C3H6O2.C3H8.C2H6O/c1-9-5-4-7-10-6-2-3-8-11(9)10;1-7-5-3-2-4-6-7;1-4-2-3-4;1-4(2)3;1-3(4)5-2;2*1-3-2/h2-8H,1H3;2-6H,1H3;4H,2-3H2,1H3;4H,1-3H3;1-2H3;3H2,1-2H3;1-2H3. The Balaban J connectivity index is -0.000000391. The highest BCUT2D eigenvalue weighted by molar-refractivity contribution is 5.85. The van der Waals surface area contributed by atoms with Crippen molar-refractivity contribution in [1.82, 2.24) is 0 Å². The summed E-state index contributed by atoms with van der Waals surface area (Å²) in [7, 11) is 4.60. The number of esters is 1. The van der Waals surface area contributed by atoms with Gasteiger partial charge in [-0.05, 0) is 42.0 Å². The monoisotopic (exact) mass is 512 g/mol. The van der Waals surface area contributed by atoms with E-state index in [9.17, 15) is 4.79 Å². The zero-order valence-electron chi connectivity index (χ0n) is 25.9. The van der Waals surface area contributed by atoms with Crippen molar-refractivity contribution >= 4 is 16.7 Å². The lowest BCUT2D eigenvalue weighted by Crippen LogP contribution is -1.88. The van der Waals surface area contributed by atoms with Crippen molar-refractivity contribution in [1.29, 1.82) is 0 Å². The Morgan fingerprint density at radius 2 is 1.16 bits per heavy atom. The number of hydrogen-bond donors (Lipinski definition) is 0. The van der Waals surface area contributed by atoms with Crippen molar-refractivity contribution in [2.75, 3.05) is 21.3 Å². The highest BCUT2D eigenvalue weighted by Gasteiger charge is 2.12. The molecule has 0 saturated heterocycles. The minimum absolute atomic E-state index is 0.245. The lowest BCUT2D eigenvalue weighted by molar-refractivity contribution is -0.137. The molecule has 0 bridgehead atoms. The predicted molar refractivity (Wildman–Crippen MR) is 165 cm³/mol. The first-order chi connectivity index (χ1) is 17.5. The molecule has 1 fully saturated rings. The largest absolute Gasteiger partial charge is 0.469 e. The van der Waals surface area contributed by atoms with E-state index in [1.54, 1.807) is 14.2 Å². The van der Waals surface area contributed by atoms with Crippen LogP contribution in [0, 0.1) is 25.7 Å². The lowest BCUT2D eigenvalue weighted by Gasteiger charge is -1.98. The summed E-state index contributed by atoms with van der Waals surface area (Å²) in [6.45, 7) is 18.6. The van der Waals surface area contributed by atoms with E-state index in [1.165, 1.54) is 55.2 Å². The second kappa shape index (κ2) is 27.9. The van der Waals surface area contributed by atoms with Crippen molar-refractivity contribution in [3.63, 3.8) is 0 Å². The van der Waals surface area contributed by atoms with Gasteiger partial charge in [0, 0.05) is 21.1 Å². The van der Waals surface area contributed by atoms with Crippen molar-refractivity contribution < 1.29 is 14.3 Å². The summed E-state index contributed by atoms with van der Waals surface area (Å²) in [6, 6.07) is 25.1. The zero-order valence-corrected chi connectivity index (χ0v) is 25.9. The fourth-order valence-electron chi connectivity index (χ4n) is 2.09. The Morgan fingerprint density at radius 3 is 1.46 bits per heavy atom. The van der Waals surface area contributed by atoms with Crippen LogP contribution in [0.25, 0.3) is 10.8 Å². The van der Waals surface area contributed by atoms with Crippen molar-refractivity contribution in [2.24, 2.45) is 11.8 Å². The van der Waals surface area contributed by atoms with Crippen molar-refractivity contribution in [2.45, 2.75) is 81.6 Å². The Hall–Kier alpha value is -2.65. The van der Waals surface area contributed by atoms with Gasteiger partial charge in [0.25, 0.3) is 0 Å². The molecule has 37 heavy (non-hydrogen) atoms. The van der Waals surface area contributed by atoms with Gasteiger partial charge >= 0.3 is 5.97 Å². The van der Waals surface area contributed by atoms with Gasteiger partial charge in [0.1, 0.15) is 0 Å². The third kappa shape index (κ3) is 33.3. The molecular weight excluding hydrogens is 456 g/mol. The van der Waals surface area contributed by atoms with Gasteiger partial charge in [-0.15, -0.1) is 0 Å². The van der Waals surface area contributed by atoms with Crippen LogP contribution in [-0.4, -0.2) is 27.3 Å². The van der Waals surface area contributed by atoms with E-state index >= 15 is 0 Å². The third-order valence-corrected chi connectivity index (χ3v) is 4.10. The van der Waals surface area contributed by atoms with E-state index in [0.717, 1.165) is 11.8 Å². The maximum absolute atomic E-state index is 9.59. The molecule has 3 aromatic rings. The number of aryl methyl sites for hydroxylation is 2. The average molecular weight is 513 g/mol. The van der Waals surface area contributed by atoms with Crippen LogP contribution in [0.5, 0.6) is 0 Å². The Morgan fingerprint density at radius 1 is 0.811 bits per heavy atom. The fourth-order valence-corrected chi connectivity index (χ4v) is 2.09. The number of rotatable bonds is 0. The van der Waals surface area contributed by atoms with Crippen molar-refractivity contribution in [3.05, 3.63) is 83.9 Å². The van der Waals surface area contributed by atoms with Crippen LogP contribution in [0.2, 0.25) is 0 Å². The van der Waals surface area contributed by atoms with Crippen LogP contribution in [0.15, 0.2) is 72.8 Å². The predicted octanol–water partition coefficient (Wildman–Crippen LogP) is 10.1. The summed E-state index contributed by atoms with van der Waals surface area (Å²) < 4.78 is 8.36. The number of benzene rings is 3. The van der Waals surface area contributed by atoms with Crippen LogP contribution in [0.3, 0.4) is 0 Å². The fraction of sp³-hybridized carbons (Fsp3) is 0.500. The van der Waals surface area contributed by atoms with Gasteiger partial charge in [0.15, 0.2) is 0 Å². The second-order valence-corrected chi connectivity index (χ2v) is 9.68.